The van der Waals surface area contributed by atoms with E-state index in [9.17, 15) is 9.59 Å². The van der Waals surface area contributed by atoms with E-state index in [0.29, 0.717) is 6.42 Å². The molecule has 1 aliphatic rings. The molecule has 1 fully saturated rings. The fourth-order valence-electron chi connectivity index (χ4n) is 1.73. The lowest BCUT2D eigenvalue weighted by Crippen LogP contribution is -2.40. The van der Waals surface area contributed by atoms with Gasteiger partial charge in [-0.1, -0.05) is 0 Å². The normalized spacial score (nSPS) is 19.5. The Kier molecular flexibility index (Phi) is 4.85. The van der Waals surface area contributed by atoms with Crippen LogP contribution in [0, 0.1) is 0 Å². The molecule has 0 aliphatic carbocycles. The van der Waals surface area contributed by atoms with Crippen LogP contribution in [0.25, 0.3) is 0 Å². The number of aromatic nitrogens is 1. The molecule has 1 aromatic heterocycles. The predicted molar refractivity (Wildman–Crippen MR) is 77.1 cm³/mol. The van der Waals surface area contributed by atoms with E-state index in [1.807, 2.05) is 11.8 Å². The first-order valence-corrected chi connectivity index (χ1v) is 7.59. The van der Waals surface area contributed by atoms with Gasteiger partial charge in [0, 0.05) is 41.2 Å². The molecule has 0 radical (unpaired) electrons. The van der Waals surface area contributed by atoms with Crippen molar-refractivity contribution >= 4 is 39.3 Å². The maximum atomic E-state index is 11.8. The third kappa shape index (κ3) is 3.86. The van der Waals surface area contributed by atoms with E-state index in [0.717, 1.165) is 22.5 Å². The Balaban J connectivity index is 1.94. The van der Waals surface area contributed by atoms with Gasteiger partial charge in [0.1, 0.15) is 5.69 Å². The van der Waals surface area contributed by atoms with Gasteiger partial charge in [0.2, 0.25) is 5.91 Å². The summed E-state index contributed by atoms with van der Waals surface area (Å²) in [4.78, 5) is 25.8. The molecule has 7 heteroatoms. The molecule has 1 atom stereocenters. The number of rotatable bonds is 3. The third-order valence-electron chi connectivity index (χ3n) is 2.57. The van der Waals surface area contributed by atoms with Crippen LogP contribution in [-0.2, 0) is 4.79 Å². The maximum Gasteiger partial charge on any atom is 0.271 e. The Bertz CT molecular complexity index is 485. The number of aromatic amines is 1. The van der Waals surface area contributed by atoms with Crippen molar-refractivity contribution in [2.24, 2.45) is 0 Å². The Morgan fingerprint density at radius 1 is 1.61 bits per heavy atom. The Morgan fingerprint density at radius 3 is 3.17 bits per heavy atom. The van der Waals surface area contributed by atoms with E-state index in [2.05, 4.69) is 31.5 Å². The first-order valence-electron chi connectivity index (χ1n) is 5.64. The third-order valence-corrected chi connectivity index (χ3v) is 4.16. The minimum Gasteiger partial charge on any atom is -0.326 e. The second kappa shape index (κ2) is 6.40. The van der Waals surface area contributed by atoms with Crippen molar-refractivity contribution in [3.8, 4) is 0 Å². The molecule has 1 aromatic rings. The molecule has 0 aromatic carbocycles. The van der Waals surface area contributed by atoms with Crippen LogP contribution in [0.5, 0.6) is 0 Å². The number of carbonyl (C=O) groups is 1. The summed E-state index contributed by atoms with van der Waals surface area (Å²) in [5.41, 5.74) is -0.0182. The topological polar surface area (TPSA) is 74.0 Å². The number of amides is 1. The van der Waals surface area contributed by atoms with Crippen LogP contribution in [0.4, 0.5) is 5.69 Å². The van der Waals surface area contributed by atoms with Crippen LogP contribution in [0.3, 0.4) is 0 Å². The summed E-state index contributed by atoms with van der Waals surface area (Å²) in [6.45, 7) is 0.931. The summed E-state index contributed by atoms with van der Waals surface area (Å²) >= 11 is 5.09. The van der Waals surface area contributed by atoms with Gasteiger partial charge in [-0.05, 0) is 22.0 Å². The van der Waals surface area contributed by atoms with E-state index in [1.54, 1.807) is 6.07 Å². The van der Waals surface area contributed by atoms with E-state index in [4.69, 9.17) is 0 Å². The van der Waals surface area contributed by atoms with Gasteiger partial charge >= 0.3 is 0 Å². The molecule has 3 N–H and O–H groups in total. The largest absolute Gasteiger partial charge is 0.326 e. The zero-order chi connectivity index (χ0) is 13.0. The highest BCUT2D eigenvalue weighted by Gasteiger charge is 2.17. The second-order valence-electron chi connectivity index (χ2n) is 4.04. The average Bonchev–Trinajstić information content (AvgIpc) is 2.35. The number of hydrogen-bond acceptors (Lipinski definition) is 4. The summed E-state index contributed by atoms with van der Waals surface area (Å²) in [6.07, 6.45) is 1.93. The molecule has 2 heterocycles. The molecule has 0 bridgehead atoms. The highest BCUT2D eigenvalue weighted by molar-refractivity contribution is 9.10. The lowest BCUT2D eigenvalue weighted by molar-refractivity contribution is -0.116. The minimum absolute atomic E-state index is 0.140. The monoisotopic (exact) mass is 331 g/mol. The van der Waals surface area contributed by atoms with Crippen molar-refractivity contribution in [2.45, 2.75) is 12.5 Å². The minimum atomic E-state index is -0.294. The smallest absolute Gasteiger partial charge is 0.271 e. The van der Waals surface area contributed by atoms with Crippen LogP contribution in [0.15, 0.2) is 21.5 Å². The van der Waals surface area contributed by atoms with Crippen LogP contribution in [-0.4, -0.2) is 35.0 Å². The molecule has 2 rings (SSSR count). The second-order valence-corrected chi connectivity index (χ2v) is 6.10. The number of thioether (sulfide) groups is 1. The SMILES string of the molecule is O=C(CC1CSCCN1)Nc1cc(Br)c[nH]c1=O. The van der Waals surface area contributed by atoms with E-state index >= 15 is 0 Å². The first kappa shape index (κ1) is 13.6. The van der Waals surface area contributed by atoms with Gasteiger partial charge in [-0.2, -0.15) is 11.8 Å². The van der Waals surface area contributed by atoms with Gasteiger partial charge in [0.15, 0.2) is 0 Å². The molecule has 0 spiro atoms. The first-order chi connectivity index (χ1) is 8.65. The van der Waals surface area contributed by atoms with E-state index in [-0.39, 0.29) is 23.2 Å². The number of nitrogens with one attached hydrogen (secondary N) is 3. The van der Waals surface area contributed by atoms with E-state index < -0.39 is 0 Å². The number of halogens is 1. The number of hydrogen-bond donors (Lipinski definition) is 3. The van der Waals surface area contributed by atoms with Crippen LogP contribution < -0.4 is 16.2 Å². The number of anilines is 1. The zero-order valence-corrected chi connectivity index (χ0v) is 12.1. The highest BCUT2D eigenvalue weighted by atomic mass is 79.9. The van der Waals surface area contributed by atoms with Crippen molar-refractivity contribution in [3.63, 3.8) is 0 Å². The van der Waals surface area contributed by atoms with Crippen molar-refractivity contribution in [1.82, 2.24) is 10.3 Å². The van der Waals surface area contributed by atoms with Gasteiger partial charge in [0.05, 0.1) is 0 Å². The van der Waals surface area contributed by atoms with E-state index in [1.165, 1.54) is 6.20 Å². The lowest BCUT2D eigenvalue weighted by atomic mass is 10.2. The molecule has 1 amide bonds. The van der Waals surface area contributed by atoms with Gasteiger partial charge in [-0.15, -0.1) is 0 Å². The highest BCUT2D eigenvalue weighted by Crippen LogP contribution is 2.13. The van der Waals surface area contributed by atoms with Crippen LogP contribution in [0.2, 0.25) is 0 Å². The molecule has 18 heavy (non-hydrogen) atoms. The summed E-state index contributed by atoms with van der Waals surface area (Å²) in [7, 11) is 0. The predicted octanol–water partition coefficient (Wildman–Crippen LogP) is 1.17. The van der Waals surface area contributed by atoms with Gasteiger partial charge in [-0.3, -0.25) is 9.59 Å². The van der Waals surface area contributed by atoms with Gasteiger partial charge < -0.3 is 15.6 Å². The van der Waals surface area contributed by atoms with Gasteiger partial charge in [0.25, 0.3) is 5.56 Å². The summed E-state index contributed by atoms with van der Waals surface area (Å²) in [5.74, 6) is 1.88. The summed E-state index contributed by atoms with van der Waals surface area (Å²) in [5, 5.41) is 5.92. The molecule has 0 saturated carbocycles. The Morgan fingerprint density at radius 2 is 2.44 bits per heavy atom. The molecule has 1 aliphatic heterocycles. The van der Waals surface area contributed by atoms with Crippen molar-refractivity contribution < 1.29 is 4.79 Å². The van der Waals surface area contributed by atoms with Crippen molar-refractivity contribution in [1.29, 1.82) is 0 Å². The Hall–Kier alpha value is -0.790. The zero-order valence-electron chi connectivity index (χ0n) is 9.66. The van der Waals surface area contributed by atoms with Crippen molar-refractivity contribution in [2.75, 3.05) is 23.4 Å². The quantitative estimate of drug-likeness (QED) is 0.777. The molecular weight excluding hydrogens is 318 g/mol. The molecular formula is C11H14BrN3O2S. The number of carbonyl (C=O) groups excluding carboxylic acids is 1. The van der Waals surface area contributed by atoms with Crippen LogP contribution >= 0.6 is 27.7 Å². The lowest BCUT2D eigenvalue weighted by Gasteiger charge is -2.22. The number of pyridine rings is 1. The molecule has 98 valence electrons. The van der Waals surface area contributed by atoms with Crippen molar-refractivity contribution in [3.05, 3.63) is 27.1 Å². The average molecular weight is 332 g/mol. The van der Waals surface area contributed by atoms with Crippen LogP contribution in [0.1, 0.15) is 6.42 Å². The summed E-state index contributed by atoms with van der Waals surface area (Å²) in [6, 6.07) is 1.79. The number of H-pyrrole nitrogens is 1. The van der Waals surface area contributed by atoms with Gasteiger partial charge in [-0.25, -0.2) is 0 Å². The molecule has 1 unspecified atom stereocenters. The summed E-state index contributed by atoms with van der Waals surface area (Å²) < 4.78 is 0.726. The molecule has 1 saturated heterocycles. The fourth-order valence-corrected chi connectivity index (χ4v) is 3.02. The maximum absolute atomic E-state index is 11.8. The fraction of sp³-hybridized carbons (Fsp3) is 0.455. The Labute approximate surface area is 117 Å². The standard InChI is InChI=1S/C11H14BrN3O2S/c12-7-3-9(11(17)14-5-7)15-10(16)4-8-6-18-2-1-13-8/h3,5,8,13H,1-2,4,6H2,(H,14,17)(H,15,16). The molecule has 5 nitrogen and oxygen atoms in total.